The largest absolute Gasteiger partial charge is 0.378 e. The summed E-state index contributed by atoms with van der Waals surface area (Å²) in [6.07, 6.45) is 0. The van der Waals surface area contributed by atoms with E-state index in [1.165, 1.54) is 17.8 Å². The summed E-state index contributed by atoms with van der Waals surface area (Å²) >= 11 is 0. The van der Waals surface area contributed by atoms with Crippen LogP contribution in [0.3, 0.4) is 0 Å². The summed E-state index contributed by atoms with van der Waals surface area (Å²) < 4.78 is 0. The Hall–Kier alpha value is -3.91. The Kier molecular flexibility index (Phi) is 7.62. The van der Waals surface area contributed by atoms with Crippen molar-refractivity contribution in [1.29, 1.82) is 0 Å². The topological polar surface area (TPSA) is 82.0 Å². The number of rotatable bonds is 8. The van der Waals surface area contributed by atoms with E-state index in [9.17, 15) is 14.9 Å². The summed E-state index contributed by atoms with van der Waals surface area (Å²) in [5.41, 5.74) is 3.31. The molecule has 1 heterocycles. The number of nitro groups is 1. The molecule has 1 aliphatic rings. The lowest BCUT2D eigenvalue weighted by Crippen LogP contribution is -2.50. The van der Waals surface area contributed by atoms with Gasteiger partial charge in [-0.3, -0.25) is 19.8 Å². The van der Waals surface area contributed by atoms with Crippen molar-refractivity contribution in [3.8, 4) is 0 Å². The zero-order chi connectivity index (χ0) is 24.8. The fourth-order valence-corrected chi connectivity index (χ4v) is 4.49. The summed E-state index contributed by atoms with van der Waals surface area (Å²) in [5.74, 6) is -0.435. The standard InChI is InChI=1S/C27H31N5O3/c1-29(2)22-14-12-21(13-15-22)26(20-28-27(33)24-10-6-7-11-25(24)32(34)35)31-18-16-30(17-19-31)23-8-4-3-5-9-23/h3-15,26H,16-20H2,1-2H3,(H,28,33)/t26-/m0/s1. The molecule has 1 saturated heterocycles. The number of carbonyl (C=O) groups is 1. The number of amides is 1. The highest BCUT2D eigenvalue weighted by Crippen LogP contribution is 2.26. The smallest absolute Gasteiger partial charge is 0.282 e. The zero-order valence-electron chi connectivity index (χ0n) is 20.1. The van der Waals surface area contributed by atoms with Crippen LogP contribution in [0.4, 0.5) is 17.1 Å². The maximum Gasteiger partial charge on any atom is 0.282 e. The lowest BCUT2D eigenvalue weighted by Gasteiger charge is -2.40. The van der Waals surface area contributed by atoms with E-state index in [0.717, 1.165) is 37.4 Å². The van der Waals surface area contributed by atoms with Crippen molar-refractivity contribution in [2.45, 2.75) is 6.04 Å². The molecule has 8 nitrogen and oxygen atoms in total. The van der Waals surface area contributed by atoms with Crippen molar-refractivity contribution in [2.75, 3.05) is 56.6 Å². The van der Waals surface area contributed by atoms with E-state index in [-0.39, 0.29) is 17.3 Å². The number of hydrogen-bond donors (Lipinski definition) is 1. The third-order valence-corrected chi connectivity index (χ3v) is 6.47. The van der Waals surface area contributed by atoms with Crippen molar-refractivity contribution >= 4 is 23.0 Å². The van der Waals surface area contributed by atoms with Crippen LogP contribution >= 0.6 is 0 Å². The molecule has 35 heavy (non-hydrogen) atoms. The van der Waals surface area contributed by atoms with Gasteiger partial charge in [0.05, 0.1) is 11.0 Å². The maximum absolute atomic E-state index is 12.9. The van der Waals surface area contributed by atoms with Gasteiger partial charge in [-0.05, 0) is 35.9 Å². The third kappa shape index (κ3) is 5.78. The highest BCUT2D eigenvalue weighted by Gasteiger charge is 2.27. The molecule has 1 N–H and O–H groups in total. The second kappa shape index (κ2) is 11.0. The minimum Gasteiger partial charge on any atom is -0.378 e. The number of para-hydroxylation sites is 2. The van der Waals surface area contributed by atoms with Crippen molar-refractivity contribution in [2.24, 2.45) is 0 Å². The molecule has 1 atom stereocenters. The monoisotopic (exact) mass is 473 g/mol. The van der Waals surface area contributed by atoms with Crippen molar-refractivity contribution in [3.05, 3.63) is 100 Å². The van der Waals surface area contributed by atoms with Crippen molar-refractivity contribution in [3.63, 3.8) is 0 Å². The first-order chi connectivity index (χ1) is 16.9. The van der Waals surface area contributed by atoms with E-state index in [2.05, 4.69) is 63.6 Å². The van der Waals surface area contributed by atoms with Gasteiger partial charge in [0, 0.05) is 64.3 Å². The number of benzene rings is 3. The van der Waals surface area contributed by atoms with Crippen LogP contribution in [0.1, 0.15) is 22.0 Å². The molecule has 0 aliphatic carbocycles. The molecular weight excluding hydrogens is 442 g/mol. The van der Waals surface area contributed by atoms with Gasteiger partial charge in [-0.1, -0.05) is 42.5 Å². The van der Waals surface area contributed by atoms with Gasteiger partial charge in [-0.15, -0.1) is 0 Å². The number of anilines is 2. The number of piperazine rings is 1. The van der Waals surface area contributed by atoms with Crippen molar-refractivity contribution in [1.82, 2.24) is 10.2 Å². The predicted molar refractivity (Wildman–Crippen MR) is 139 cm³/mol. The van der Waals surface area contributed by atoms with Crippen LogP contribution in [-0.2, 0) is 0 Å². The lowest BCUT2D eigenvalue weighted by molar-refractivity contribution is -0.385. The molecule has 3 aromatic carbocycles. The Bertz CT molecular complexity index is 1140. The van der Waals surface area contributed by atoms with Gasteiger partial charge < -0.3 is 15.1 Å². The number of nitrogens with one attached hydrogen (secondary N) is 1. The fraction of sp³-hybridized carbons (Fsp3) is 0.296. The molecule has 4 rings (SSSR count). The molecule has 0 unspecified atom stereocenters. The zero-order valence-corrected chi connectivity index (χ0v) is 20.1. The normalized spacial score (nSPS) is 14.9. The summed E-state index contributed by atoms with van der Waals surface area (Å²) in [5, 5.41) is 14.3. The molecule has 0 bridgehead atoms. The van der Waals surface area contributed by atoms with E-state index >= 15 is 0 Å². The van der Waals surface area contributed by atoms with Crippen LogP contribution in [0.5, 0.6) is 0 Å². The van der Waals surface area contributed by atoms with Gasteiger partial charge in [-0.25, -0.2) is 0 Å². The second-order valence-electron chi connectivity index (χ2n) is 8.84. The first kappa shape index (κ1) is 24.2. The van der Waals surface area contributed by atoms with Crippen molar-refractivity contribution < 1.29 is 9.72 Å². The van der Waals surface area contributed by atoms with E-state index in [1.54, 1.807) is 12.1 Å². The van der Waals surface area contributed by atoms with Gasteiger partial charge in [0.25, 0.3) is 11.6 Å². The molecule has 0 spiro atoms. The Labute approximate surface area is 205 Å². The number of hydrogen-bond acceptors (Lipinski definition) is 6. The fourth-order valence-electron chi connectivity index (χ4n) is 4.49. The van der Waals surface area contributed by atoms with E-state index in [0.29, 0.717) is 6.54 Å². The van der Waals surface area contributed by atoms with Gasteiger partial charge in [0.1, 0.15) is 5.56 Å². The van der Waals surface area contributed by atoms with Crippen LogP contribution in [0, 0.1) is 10.1 Å². The average molecular weight is 474 g/mol. The van der Waals surface area contributed by atoms with E-state index in [1.807, 2.05) is 25.1 Å². The summed E-state index contributed by atoms with van der Waals surface area (Å²) in [6, 6.07) is 24.7. The van der Waals surface area contributed by atoms with Crippen LogP contribution in [0.25, 0.3) is 0 Å². The molecule has 0 aromatic heterocycles. The van der Waals surface area contributed by atoms with Crippen LogP contribution < -0.4 is 15.1 Å². The first-order valence-electron chi connectivity index (χ1n) is 11.8. The molecule has 0 radical (unpaired) electrons. The van der Waals surface area contributed by atoms with Gasteiger partial charge >= 0.3 is 0 Å². The van der Waals surface area contributed by atoms with Crippen LogP contribution in [-0.4, -0.2) is 62.5 Å². The van der Waals surface area contributed by atoms with Gasteiger partial charge in [0.2, 0.25) is 0 Å². The van der Waals surface area contributed by atoms with Gasteiger partial charge in [0.15, 0.2) is 0 Å². The Morgan fingerprint density at radius 3 is 2.20 bits per heavy atom. The van der Waals surface area contributed by atoms with E-state index < -0.39 is 10.8 Å². The highest BCUT2D eigenvalue weighted by atomic mass is 16.6. The van der Waals surface area contributed by atoms with Crippen LogP contribution in [0.2, 0.25) is 0 Å². The number of nitro benzene ring substituents is 1. The molecule has 8 heteroatoms. The SMILES string of the molecule is CN(C)c1ccc([C@H](CNC(=O)c2ccccc2[N+](=O)[O-])N2CCN(c3ccccc3)CC2)cc1. The second-order valence-corrected chi connectivity index (χ2v) is 8.84. The molecule has 0 saturated carbocycles. The minimum atomic E-state index is -0.519. The van der Waals surface area contributed by atoms with E-state index in [4.69, 9.17) is 0 Å². The Morgan fingerprint density at radius 1 is 0.943 bits per heavy atom. The lowest BCUT2D eigenvalue weighted by atomic mass is 10.0. The summed E-state index contributed by atoms with van der Waals surface area (Å²) in [7, 11) is 4.00. The van der Waals surface area contributed by atoms with Gasteiger partial charge in [-0.2, -0.15) is 0 Å². The third-order valence-electron chi connectivity index (χ3n) is 6.47. The maximum atomic E-state index is 12.9. The molecule has 1 aliphatic heterocycles. The summed E-state index contributed by atoms with van der Waals surface area (Å²) in [6.45, 7) is 3.81. The highest BCUT2D eigenvalue weighted by molar-refractivity contribution is 5.98. The van der Waals surface area contributed by atoms with Crippen LogP contribution in [0.15, 0.2) is 78.9 Å². The molecular formula is C27H31N5O3. The summed E-state index contributed by atoms with van der Waals surface area (Å²) in [4.78, 5) is 30.6. The quantitative estimate of drug-likeness (QED) is 0.394. The molecule has 3 aromatic rings. The first-order valence-corrected chi connectivity index (χ1v) is 11.8. The number of carbonyl (C=O) groups excluding carboxylic acids is 1. The predicted octanol–water partition coefficient (Wildman–Crippen LogP) is 3.95. The molecule has 1 fully saturated rings. The molecule has 1 amide bonds. The number of nitrogens with zero attached hydrogens (tertiary/aromatic N) is 4. The average Bonchev–Trinajstić information content (AvgIpc) is 2.90. The Balaban J connectivity index is 1.51. The Morgan fingerprint density at radius 2 is 1.57 bits per heavy atom. The minimum absolute atomic E-state index is 0.0455. The molecule has 182 valence electrons.